The highest BCUT2D eigenvalue weighted by atomic mass is 32.1. The number of hydrogen-bond donors (Lipinski definition) is 0. The van der Waals surface area contributed by atoms with Gasteiger partial charge >= 0.3 is 0 Å². The zero-order valence-corrected chi connectivity index (χ0v) is 14.1. The second-order valence-corrected chi connectivity index (χ2v) is 7.00. The Balaban J connectivity index is 1.67. The minimum absolute atomic E-state index is 0.680. The Labute approximate surface area is 138 Å². The molecule has 1 aromatic carbocycles. The molecule has 0 unspecified atom stereocenters. The van der Waals surface area contributed by atoms with Crippen LogP contribution in [0.3, 0.4) is 0 Å². The van der Waals surface area contributed by atoms with Gasteiger partial charge in [-0.2, -0.15) is 10.2 Å². The first-order valence-corrected chi connectivity index (χ1v) is 8.16. The third-order valence-corrected chi connectivity index (χ3v) is 4.42. The molecule has 2 aromatic heterocycles. The highest BCUT2D eigenvalue weighted by molar-refractivity contribution is 7.73. The van der Waals surface area contributed by atoms with Crippen LogP contribution in [0, 0.1) is 10.9 Å². The van der Waals surface area contributed by atoms with E-state index in [0.717, 1.165) is 26.8 Å². The lowest BCUT2D eigenvalue weighted by molar-refractivity contribution is 0.245. The fraction of sp³-hybridized carbons (Fsp3) is 0.267. The Morgan fingerprint density at radius 2 is 2.05 bits per heavy atom. The third kappa shape index (κ3) is 3.49. The molecule has 0 radical (unpaired) electrons. The lowest BCUT2D eigenvalue weighted by Gasteiger charge is -2.15. The van der Waals surface area contributed by atoms with E-state index in [0.29, 0.717) is 6.67 Å². The van der Waals surface area contributed by atoms with Crippen molar-refractivity contribution in [1.29, 1.82) is 0 Å². The van der Waals surface area contributed by atoms with Crippen LogP contribution in [0.4, 0.5) is 0 Å². The number of nitrogens with zero attached hydrogens (tertiary/aromatic N) is 5. The summed E-state index contributed by atoms with van der Waals surface area (Å²) in [6.07, 6.45) is 3.95. The van der Waals surface area contributed by atoms with E-state index in [1.165, 1.54) is 0 Å². The van der Waals surface area contributed by atoms with Gasteiger partial charge in [-0.3, -0.25) is 4.90 Å². The highest BCUT2D eigenvalue weighted by Crippen LogP contribution is 2.11. The summed E-state index contributed by atoms with van der Waals surface area (Å²) in [5.74, 6) is 0. The molecule has 7 heteroatoms. The number of benzene rings is 1. The molecule has 0 saturated carbocycles. The first kappa shape index (κ1) is 15.1. The molecular weight excluding hydrogens is 314 g/mol. The van der Waals surface area contributed by atoms with Crippen molar-refractivity contribution in [2.45, 2.75) is 20.1 Å². The van der Waals surface area contributed by atoms with Gasteiger partial charge in [0.05, 0.1) is 18.6 Å². The summed E-state index contributed by atoms with van der Waals surface area (Å²) >= 11 is 6.84. The van der Waals surface area contributed by atoms with Gasteiger partial charge in [0, 0.05) is 18.3 Å². The molecule has 0 amide bonds. The lowest BCUT2D eigenvalue weighted by atomic mass is 10.3. The molecule has 5 nitrogen and oxygen atoms in total. The van der Waals surface area contributed by atoms with E-state index in [1.807, 2.05) is 52.8 Å². The molecule has 114 valence electrons. The molecule has 0 fully saturated rings. The van der Waals surface area contributed by atoms with Gasteiger partial charge in [-0.1, -0.05) is 29.5 Å². The number of hydrogen-bond acceptors (Lipinski definition) is 5. The average molecular weight is 331 g/mol. The molecule has 3 aromatic rings. The van der Waals surface area contributed by atoms with Crippen molar-refractivity contribution in [3.63, 3.8) is 0 Å². The standard InChI is InChI=1S/C15H17N5S2/c1-12-17-20(15(21)22-12)11-18(2)9-13-8-16-19(10-13)14-6-4-3-5-7-14/h3-8,10H,9,11H2,1-2H3. The molecule has 0 bridgehead atoms. The first-order valence-electron chi connectivity index (χ1n) is 6.94. The predicted octanol–water partition coefficient (Wildman–Crippen LogP) is 3.26. The van der Waals surface area contributed by atoms with Crippen molar-refractivity contribution in [2.75, 3.05) is 7.05 Å². The maximum atomic E-state index is 5.30. The Morgan fingerprint density at radius 1 is 1.27 bits per heavy atom. The average Bonchev–Trinajstić information content (AvgIpc) is 3.07. The molecule has 0 aliphatic rings. The molecule has 0 saturated heterocycles. The molecule has 0 N–H and O–H groups in total. The van der Waals surface area contributed by atoms with E-state index in [1.54, 1.807) is 11.3 Å². The zero-order chi connectivity index (χ0) is 15.5. The normalized spacial score (nSPS) is 11.2. The van der Waals surface area contributed by atoms with E-state index in [-0.39, 0.29) is 0 Å². The SMILES string of the molecule is Cc1nn(CN(C)Cc2cnn(-c3ccccc3)c2)c(=S)s1. The zero-order valence-electron chi connectivity index (χ0n) is 12.5. The Morgan fingerprint density at radius 3 is 2.73 bits per heavy atom. The van der Waals surface area contributed by atoms with Crippen LogP contribution in [0.15, 0.2) is 42.7 Å². The van der Waals surface area contributed by atoms with Gasteiger partial charge in [0.15, 0.2) is 3.95 Å². The fourth-order valence-corrected chi connectivity index (χ4v) is 3.31. The van der Waals surface area contributed by atoms with Gasteiger partial charge in [-0.05, 0) is 38.3 Å². The molecule has 3 rings (SSSR count). The molecule has 0 spiro atoms. The van der Waals surface area contributed by atoms with Crippen LogP contribution in [-0.2, 0) is 13.2 Å². The Kier molecular flexibility index (Phi) is 4.47. The van der Waals surface area contributed by atoms with Gasteiger partial charge in [0.25, 0.3) is 0 Å². The van der Waals surface area contributed by atoms with Crippen molar-refractivity contribution in [3.05, 3.63) is 57.3 Å². The summed E-state index contributed by atoms with van der Waals surface area (Å²) in [5, 5.41) is 9.83. The van der Waals surface area contributed by atoms with Crippen LogP contribution in [0.5, 0.6) is 0 Å². The second kappa shape index (κ2) is 6.51. The maximum Gasteiger partial charge on any atom is 0.180 e. The number of aryl methyl sites for hydroxylation is 1. The van der Waals surface area contributed by atoms with E-state index >= 15 is 0 Å². The summed E-state index contributed by atoms with van der Waals surface area (Å²) in [4.78, 5) is 2.17. The summed E-state index contributed by atoms with van der Waals surface area (Å²) in [6, 6.07) is 10.1. The molecule has 2 heterocycles. The van der Waals surface area contributed by atoms with Gasteiger partial charge < -0.3 is 0 Å². The molecule has 0 aliphatic carbocycles. The monoisotopic (exact) mass is 331 g/mol. The van der Waals surface area contributed by atoms with Crippen molar-refractivity contribution in [1.82, 2.24) is 24.5 Å². The van der Waals surface area contributed by atoms with Crippen molar-refractivity contribution < 1.29 is 0 Å². The van der Waals surface area contributed by atoms with Crippen LogP contribution < -0.4 is 0 Å². The third-order valence-electron chi connectivity index (χ3n) is 3.19. The fourth-order valence-electron chi connectivity index (χ4n) is 2.25. The number of para-hydroxylation sites is 1. The first-order chi connectivity index (χ1) is 10.6. The highest BCUT2D eigenvalue weighted by Gasteiger charge is 2.07. The van der Waals surface area contributed by atoms with Crippen LogP contribution in [-0.4, -0.2) is 31.5 Å². The number of aromatic nitrogens is 4. The van der Waals surface area contributed by atoms with Gasteiger partial charge in [-0.15, -0.1) is 0 Å². The summed E-state index contributed by atoms with van der Waals surface area (Å²) in [5.41, 5.74) is 2.22. The van der Waals surface area contributed by atoms with E-state index in [9.17, 15) is 0 Å². The van der Waals surface area contributed by atoms with Gasteiger partial charge in [-0.25, -0.2) is 9.36 Å². The molecular formula is C15H17N5S2. The van der Waals surface area contributed by atoms with Crippen molar-refractivity contribution in [2.24, 2.45) is 0 Å². The van der Waals surface area contributed by atoms with Crippen LogP contribution in [0.2, 0.25) is 0 Å². The summed E-state index contributed by atoms with van der Waals surface area (Å²) < 4.78 is 4.56. The minimum Gasteiger partial charge on any atom is -0.283 e. The second-order valence-electron chi connectivity index (χ2n) is 5.17. The quantitative estimate of drug-likeness (QED) is 0.673. The van der Waals surface area contributed by atoms with Crippen molar-refractivity contribution in [3.8, 4) is 5.69 Å². The van der Waals surface area contributed by atoms with Crippen molar-refractivity contribution >= 4 is 23.6 Å². The van der Waals surface area contributed by atoms with E-state index in [4.69, 9.17) is 12.2 Å². The maximum absolute atomic E-state index is 5.30. The Hall–Kier alpha value is -1.83. The Bertz CT molecular complexity index is 803. The van der Waals surface area contributed by atoms with Gasteiger partial charge in [0.2, 0.25) is 0 Å². The number of rotatable bonds is 5. The van der Waals surface area contributed by atoms with E-state index in [2.05, 4.69) is 28.3 Å². The predicted molar refractivity (Wildman–Crippen MR) is 90.7 cm³/mol. The van der Waals surface area contributed by atoms with E-state index < -0.39 is 0 Å². The summed E-state index contributed by atoms with van der Waals surface area (Å²) in [7, 11) is 2.05. The summed E-state index contributed by atoms with van der Waals surface area (Å²) in [6.45, 7) is 3.45. The van der Waals surface area contributed by atoms with Gasteiger partial charge in [0.1, 0.15) is 5.01 Å². The lowest BCUT2D eigenvalue weighted by Crippen LogP contribution is -2.22. The van der Waals surface area contributed by atoms with Crippen LogP contribution in [0.25, 0.3) is 5.69 Å². The topological polar surface area (TPSA) is 38.9 Å². The molecule has 0 aliphatic heterocycles. The molecule has 0 atom stereocenters. The minimum atomic E-state index is 0.680. The van der Waals surface area contributed by atoms with Crippen LogP contribution >= 0.6 is 23.6 Å². The molecule has 22 heavy (non-hydrogen) atoms. The smallest absolute Gasteiger partial charge is 0.180 e. The van der Waals surface area contributed by atoms with Crippen LogP contribution in [0.1, 0.15) is 10.6 Å². The largest absolute Gasteiger partial charge is 0.283 e.